The van der Waals surface area contributed by atoms with Crippen LogP contribution in [0.25, 0.3) is 16.6 Å². The Balaban J connectivity index is 1.70. The first-order valence-electron chi connectivity index (χ1n) is 10.1. The van der Waals surface area contributed by atoms with Crippen molar-refractivity contribution in [3.63, 3.8) is 0 Å². The van der Waals surface area contributed by atoms with Crippen molar-refractivity contribution in [1.82, 2.24) is 9.55 Å². The molecular weight excluding hydrogens is 467 g/mol. The highest BCUT2D eigenvalue weighted by Crippen LogP contribution is 2.27. The molecule has 1 atom stereocenters. The minimum atomic E-state index is -2.98. The molecule has 0 aliphatic carbocycles. The molecule has 1 amide bonds. The maximum atomic E-state index is 13.9. The summed E-state index contributed by atoms with van der Waals surface area (Å²) in [6.07, 6.45) is 0. The maximum Gasteiger partial charge on any atom is 0.387 e. The van der Waals surface area contributed by atoms with Crippen molar-refractivity contribution in [2.75, 3.05) is 5.32 Å². The molecule has 3 aromatic carbocycles. The average molecular weight is 485 g/mol. The number of carbonyl (C=O) groups is 1. The maximum absolute atomic E-state index is 13.9. The second-order valence-corrected chi connectivity index (χ2v) is 8.46. The molecule has 0 saturated carbocycles. The summed E-state index contributed by atoms with van der Waals surface area (Å²) in [5.74, 6) is -1.11. The van der Waals surface area contributed by atoms with Crippen LogP contribution in [0.3, 0.4) is 0 Å². The minimum absolute atomic E-state index is 0.0402. The fourth-order valence-corrected chi connectivity index (χ4v) is 4.13. The molecule has 4 rings (SSSR count). The van der Waals surface area contributed by atoms with Gasteiger partial charge in [-0.15, -0.1) is 0 Å². The van der Waals surface area contributed by atoms with Crippen LogP contribution in [-0.2, 0) is 4.79 Å². The summed E-state index contributed by atoms with van der Waals surface area (Å²) >= 11 is 1.01. The van der Waals surface area contributed by atoms with E-state index in [4.69, 9.17) is 0 Å². The fraction of sp³-hybridized carbons (Fsp3) is 0.125. The van der Waals surface area contributed by atoms with Gasteiger partial charge < -0.3 is 10.1 Å². The Morgan fingerprint density at radius 3 is 2.41 bits per heavy atom. The standard InChI is InChI=1S/C24H18F3N3O3S/c1-14(21(31)28-20-9-5-3-7-18(20)25)34-24-29-19-8-4-2-6-17(19)22(32)30(24)15-10-12-16(13-11-15)33-23(26)27/h2-14,23H,1H3,(H,28,31). The van der Waals surface area contributed by atoms with Gasteiger partial charge >= 0.3 is 6.61 Å². The number of nitrogens with one attached hydrogen (secondary N) is 1. The monoisotopic (exact) mass is 485 g/mol. The van der Waals surface area contributed by atoms with Crippen molar-refractivity contribution >= 4 is 34.3 Å². The van der Waals surface area contributed by atoms with Gasteiger partial charge in [0.2, 0.25) is 5.91 Å². The molecule has 0 fully saturated rings. The van der Waals surface area contributed by atoms with Crippen molar-refractivity contribution in [3.8, 4) is 11.4 Å². The number of amides is 1. The molecule has 0 aliphatic rings. The third kappa shape index (κ3) is 5.07. The number of hydrogen-bond acceptors (Lipinski definition) is 5. The van der Waals surface area contributed by atoms with Crippen LogP contribution in [0.15, 0.2) is 82.7 Å². The summed E-state index contributed by atoms with van der Waals surface area (Å²) < 4.78 is 44.6. The van der Waals surface area contributed by atoms with Crippen LogP contribution in [0.5, 0.6) is 5.75 Å². The zero-order chi connectivity index (χ0) is 24.2. The number of hydrogen-bond donors (Lipinski definition) is 1. The molecule has 0 radical (unpaired) electrons. The van der Waals surface area contributed by atoms with E-state index >= 15 is 0 Å². The van der Waals surface area contributed by atoms with Gasteiger partial charge in [-0.3, -0.25) is 14.2 Å². The molecule has 0 saturated heterocycles. The number of nitrogens with zero attached hydrogens (tertiary/aromatic N) is 2. The highest BCUT2D eigenvalue weighted by Gasteiger charge is 2.21. The Morgan fingerprint density at radius 2 is 1.71 bits per heavy atom. The third-order valence-corrected chi connectivity index (χ3v) is 5.90. The highest BCUT2D eigenvalue weighted by atomic mass is 32.2. The number of aromatic nitrogens is 2. The second-order valence-electron chi connectivity index (χ2n) is 7.15. The largest absolute Gasteiger partial charge is 0.435 e. The van der Waals surface area contributed by atoms with E-state index in [2.05, 4.69) is 15.0 Å². The molecule has 4 aromatic rings. The fourth-order valence-electron chi connectivity index (χ4n) is 3.20. The number of rotatable bonds is 7. The first kappa shape index (κ1) is 23.4. The van der Waals surface area contributed by atoms with Gasteiger partial charge in [-0.2, -0.15) is 8.78 Å². The summed E-state index contributed by atoms with van der Waals surface area (Å²) in [6, 6.07) is 18.0. The van der Waals surface area contributed by atoms with Crippen molar-refractivity contribution in [2.24, 2.45) is 0 Å². The number of ether oxygens (including phenoxy) is 1. The van der Waals surface area contributed by atoms with Gasteiger partial charge in [0.1, 0.15) is 11.6 Å². The van der Waals surface area contributed by atoms with Gasteiger partial charge in [0.15, 0.2) is 5.16 Å². The van der Waals surface area contributed by atoms with Gasteiger partial charge in [0, 0.05) is 0 Å². The molecule has 10 heteroatoms. The van der Waals surface area contributed by atoms with E-state index in [0.717, 1.165) is 11.8 Å². The third-order valence-electron chi connectivity index (χ3n) is 4.85. The van der Waals surface area contributed by atoms with Crippen LogP contribution in [-0.4, -0.2) is 27.3 Å². The van der Waals surface area contributed by atoms with E-state index in [0.29, 0.717) is 16.6 Å². The zero-order valence-electron chi connectivity index (χ0n) is 17.7. The van der Waals surface area contributed by atoms with Gasteiger partial charge in [-0.1, -0.05) is 36.0 Å². The van der Waals surface area contributed by atoms with Crippen molar-refractivity contribution in [3.05, 3.63) is 89.0 Å². The molecule has 0 spiro atoms. The first-order chi connectivity index (χ1) is 16.3. The summed E-state index contributed by atoms with van der Waals surface area (Å²) in [4.78, 5) is 30.6. The first-order valence-corrected chi connectivity index (χ1v) is 11.0. The molecule has 0 bridgehead atoms. The van der Waals surface area contributed by atoms with E-state index in [9.17, 15) is 22.8 Å². The van der Waals surface area contributed by atoms with Crippen LogP contribution < -0.4 is 15.6 Å². The van der Waals surface area contributed by atoms with Gasteiger partial charge in [0.25, 0.3) is 5.56 Å². The Hall–Kier alpha value is -3.79. The Kier molecular flexibility index (Phi) is 6.87. The van der Waals surface area contributed by atoms with E-state index in [-0.39, 0.29) is 16.6 Å². The summed E-state index contributed by atoms with van der Waals surface area (Å²) in [5.41, 5.74) is 0.440. The molecule has 174 valence electrons. The number of halogens is 3. The van der Waals surface area contributed by atoms with E-state index in [1.165, 1.54) is 47.0 Å². The van der Waals surface area contributed by atoms with Gasteiger partial charge in [0.05, 0.1) is 27.5 Å². The average Bonchev–Trinajstić information content (AvgIpc) is 2.81. The minimum Gasteiger partial charge on any atom is -0.435 e. The lowest BCUT2D eigenvalue weighted by molar-refractivity contribution is -0.115. The molecule has 1 aromatic heterocycles. The summed E-state index contributed by atoms with van der Waals surface area (Å²) in [6.45, 7) is -1.37. The molecule has 1 heterocycles. The summed E-state index contributed by atoms with van der Waals surface area (Å²) in [7, 11) is 0. The number of anilines is 1. The number of alkyl halides is 2. The lowest BCUT2D eigenvalue weighted by Crippen LogP contribution is -2.26. The Morgan fingerprint density at radius 1 is 1.03 bits per heavy atom. The molecule has 0 aliphatic heterocycles. The zero-order valence-corrected chi connectivity index (χ0v) is 18.6. The quantitative estimate of drug-likeness (QED) is 0.286. The molecule has 6 nitrogen and oxygen atoms in total. The number of benzene rings is 3. The van der Waals surface area contributed by atoms with E-state index in [1.54, 1.807) is 37.3 Å². The molecule has 34 heavy (non-hydrogen) atoms. The Labute approximate surface area is 196 Å². The van der Waals surface area contributed by atoms with Crippen molar-refractivity contribution in [1.29, 1.82) is 0 Å². The normalized spacial score (nSPS) is 12.0. The van der Waals surface area contributed by atoms with Crippen LogP contribution in [0.1, 0.15) is 6.92 Å². The van der Waals surface area contributed by atoms with Crippen molar-refractivity contribution in [2.45, 2.75) is 23.9 Å². The van der Waals surface area contributed by atoms with Crippen LogP contribution in [0.2, 0.25) is 0 Å². The number of fused-ring (bicyclic) bond motifs is 1. The van der Waals surface area contributed by atoms with Crippen LogP contribution >= 0.6 is 11.8 Å². The highest BCUT2D eigenvalue weighted by molar-refractivity contribution is 8.00. The predicted molar refractivity (Wildman–Crippen MR) is 124 cm³/mol. The molecular formula is C24H18F3N3O3S. The molecule has 1 unspecified atom stereocenters. The summed E-state index contributed by atoms with van der Waals surface area (Å²) in [5, 5.41) is 2.34. The van der Waals surface area contributed by atoms with Crippen molar-refractivity contribution < 1.29 is 22.7 Å². The second kappa shape index (κ2) is 10.0. The number of carbonyl (C=O) groups excluding carboxylic acids is 1. The SMILES string of the molecule is CC(Sc1nc2ccccc2c(=O)n1-c1ccc(OC(F)F)cc1)C(=O)Nc1ccccc1F. The van der Waals surface area contributed by atoms with Gasteiger partial charge in [-0.05, 0) is 55.5 Å². The smallest absolute Gasteiger partial charge is 0.387 e. The topological polar surface area (TPSA) is 73.2 Å². The van der Waals surface area contributed by atoms with Crippen LogP contribution in [0.4, 0.5) is 18.9 Å². The molecule has 1 N–H and O–H groups in total. The number of para-hydroxylation sites is 2. The van der Waals surface area contributed by atoms with Gasteiger partial charge in [-0.25, -0.2) is 9.37 Å². The number of thioether (sulfide) groups is 1. The Bertz CT molecular complexity index is 1390. The van der Waals surface area contributed by atoms with Crippen LogP contribution in [0, 0.1) is 5.82 Å². The van der Waals surface area contributed by atoms with E-state index in [1.807, 2.05) is 0 Å². The predicted octanol–water partition coefficient (Wildman–Crippen LogP) is 5.25. The lowest BCUT2D eigenvalue weighted by atomic mass is 10.2. The lowest BCUT2D eigenvalue weighted by Gasteiger charge is -2.17. The van der Waals surface area contributed by atoms with E-state index < -0.39 is 29.1 Å².